The molecule has 0 aliphatic heterocycles. The molecule has 110 valence electrons. The highest BCUT2D eigenvalue weighted by molar-refractivity contribution is 5.81. The summed E-state index contributed by atoms with van der Waals surface area (Å²) in [7, 11) is 1.66. The molecule has 0 radical (unpaired) electrons. The largest absolute Gasteiger partial charge is 0.480 e. The normalized spacial score (nSPS) is 18.2. The third kappa shape index (κ3) is 3.19. The molecule has 2 rings (SSSR count). The highest BCUT2D eigenvalue weighted by Gasteiger charge is 2.39. The van der Waals surface area contributed by atoms with Crippen LogP contribution in [0.2, 0.25) is 0 Å². The van der Waals surface area contributed by atoms with Crippen molar-refractivity contribution in [3.63, 3.8) is 0 Å². The second-order valence-corrected chi connectivity index (χ2v) is 5.46. The Morgan fingerprint density at radius 1 is 1.40 bits per heavy atom. The number of hydrogen-bond donors (Lipinski definition) is 2. The van der Waals surface area contributed by atoms with Crippen LogP contribution in [0.1, 0.15) is 31.2 Å². The molecule has 1 aromatic carbocycles. The molecule has 1 saturated carbocycles. The number of nitrogens with one attached hydrogen (secondary N) is 1. The van der Waals surface area contributed by atoms with Gasteiger partial charge in [0.25, 0.3) is 0 Å². The second kappa shape index (κ2) is 6.86. The molecule has 4 heteroatoms. The third-order valence-electron chi connectivity index (χ3n) is 4.27. The summed E-state index contributed by atoms with van der Waals surface area (Å²) < 4.78 is 5.67. The van der Waals surface area contributed by atoms with Crippen LogP contribution in [0.3, 0.4) is 0 Å². The van der Waals surface area contributed by atoms with E-state index in [1.807, 2.05) is 30.3 Å². The van der Waals surface area contributed by atoms with Gasteiger partial charge in [0, 0.05) is 6.61 Å². The van der Waals surface area contributed by atoms with Crippen LogP contribution in [-0.4, -0.2) is 31.3 Å². The first-order valence-corrected chi connectivity index (χ1v) is 7.24. The number of aliphatic carboxylic acids is 1. The lowest BCUT2D eigenvalue weighted by Crippen LogP contribution is -2.51. The van der Waals surface area contributed by atoms with Crippen molar-refractivity contribution in [3.05, 3.63) is 35.9 Å². The molecule has 1 aliphatic rings. The SMILES string of the molecule is CNC(COCCC1CCC1)(C(=O)O)c1ccccc1. The molecule has 1 atom stereocenters. The van der Waals surface area contributed by atoms with Crippen molar-refractivity contribution in [2.24, 2.45) is 5.92 Å². The van der Waals surface area contributed by atoms with Gasteiger partial charge >= 0.3 is 5.97 Å². The van der Waals surface area contributed by atoms with Gasteiger partial charge in [-0.15, -0.1) is 0 Å². The summed E-state index contributed by atoms with van der Waals surface area (Å²) in [5.74, 6) is -0.129. The van der Waals surface area contributed by atoms with Crippen molar-refractivity contribution in [2.75, 3.05) is 20.3 Å². The number of rotatable bonds is 8. The number of hydrogen-bond acceptors (Lipinski definition) is 3. The number of ether oxygens (including phenoxy) is 1. The Morgan fingerprint density at radius 2 is 2.10 bits per heavy atom. The molecule has 1 aliphatic carbocycles. The summed E-state index contributed by atoms with van der Waals surface area (Å²) in [5, 5.41) is 12.5. The predicted octanol–water partition coefficient (Wildman–Crippen LogP) is 2.39. The molecule has 20 heavy (non-hydrogen) atoms. The van der Waals surface area contributed by atoms with Crippen LogP contribution >= 0.6 is 0 Å². The van der Waals surface area contributed by atoms with Crippen LogP contribution in [0.15, 0.2) is 30.3 Å². The quantitative estimate of drug-likeness (QED) is 0.716. The van der Waals surface area contributed by atoms with Gasteiger partial charge in [0.05, 0.1) is 6.61 Å². The zero-order valence-corrected chi connectivity index (χ0v) is 12.0. The van der Waals surface area contributed by atoms with Crippen molar-refractivity contribution < 1.29 is 14.6 Å². The van der Waals surface area contributed by atoms with Crippen molar-refractivity contribution >= 4 is 5.97 Å². The van der Waals surface area contributed by atoms with Gasteiger partial charge in [-0.1, -0.05) is 49.6 Å². The Balaban J connectivity index is 1.97. The van der Waals surface area contributed by atoms with E-state index in [2.05, 4.69) is 5.32 Å². The van der Waals surface area contributed by atoms with Gasteiger partial charge in [-0.05, 0) is 24.9 Å². The van der Waals surface area contributed by atoms with Crippen molar-refractivity contribution in [1.82, 2.24) is 5.32 Å². The molecule has 1 aromatic rings. The minimum Gasteiger partial charge on any atom is -0.480 e. The number of carboxylic acids is 1. The summed E-state index contributed by atoms with van der Waals surface area (Å²) in [6, 6.07) is 9.21. The smallest absolute Gasteiger partial charge is 0.330 e. The molecule has 1 unspecified atom stereocenters. The van der Waals surface area contributed by atoms with Gasteiger partial charge in [0.15, 0.2) is 5.54 Å². The topological polar surface area (TPSA) is 58.6 Å². The Bertz CT molecular complexity index is 431. The van der Waals surface area contributed by atoms with Crippen LogP contribution in [-0.2, 0) is 15.1 Å². The fraction of sp³-hybridized carbons (Fsp3) is 0.562. The van der Waals surface area contributed by atoms with Gasteiger partial charge < -0.3 is 9.84 Å². The molecular formula is C16H23NO3. The summed E-state index contributed by atoms with van der Waals surface area (Å²) >= 11 is 0. The van der Waals surface area contributed by atoms with Gasteiger partial charge in [0.1, 0.15) is 0 Å². The van der Waals surface area contributed by atoms with E-state index in [1.165, 1.54) is 19.3 Å². The van der Waals surface area contributed by atoms with Crippen LogP contribution in [0, 0.1) is 5.92 Å². The maximum atomic E-state index is 11.7. The summed E-state index contributed by atoms with van der Waals surface area (Å²) in [6.07, 6.45) is 4.94. The van der Waals surface area contributed by atoms with E-state index in [-0.39, 0.29) is 6.61 Å². The maximum absolute atomic E-state index is 11.7. The lowest BCUT2D eigenvalue weighted by Gasteiger charge is -2.30. The zero-order chi connectivity index (χ0) is 14.4. The van der Waals surface area contributed by atoms with E-state index in [4.69, 9.17) is 4.74 Å². The Hall–Kier alpha value is -1.39. The van der Waals surface area contributed by atoms with Gasteiger partial charge in [0.2, 0.25) is 0 Å². The van der Waals surface area contributed by atoms with Crippen molar-refractivity contribution in [3.8, 4) is 0 Å². The standard InChI is InChI=1S/C16H23NO3/c1-17-16(15(18)19,14-8-3-2-4-9-14)12-20-11-10-13-6-5-7-13/h2-4,8-9,13,17H,5-7,10-12H2,1H3,(H,18,19). The van der Waals surface area contributed by atoms with E-state index in [0.717, 1.165) is 17.9 Å². The number of likely N-dealkylation sites (N-methyl/N-ethyl adjacent to an activating group) is 1. The molecule has 0 heterocycles. The summed E-state index contributed by atoms with van der Waals surface area (Å²) in [4.78, 5) is 11.7. The molecule has 0 bridgehead atoms. The van der Waals surface area contributed by atoms with E-state index >= 15 is 0 Å². The van der Waals surface area contributed by atoms with E-state index in [9.17, 15) is 9.90 Å². The van der Waals surface area contributed by atoms with Gasteiger partial charge in [-0.3, -0.25) is 5.32 Å². The van der Waals surface area contributed by atoms with Crippen molar-refractivity contribution in [1.29, 1.82) is 0 Å². The van der Waals surface area contributed by atoms with Crippen LogP contribution in [0.5, 0.6) is 0 Å². The second-order valence-electron chi connectivity index (χ2n) is 5.46. The first-order valence-electron chi connectivity index (χ1n) is 7.24. The Kier molecular flexibility index (Phi) is 5.15. The van der Waals surface area contributed by atoms with Crippen LogP contribution in [0.4, 0.5) is 0 Å². The molecule has 4 nitrogen and oxygen atoms in total. The lowest BCUT2D eigenvalue weighted by molar-refractivity contribution is -0.148. The average molecular weight is 277 g/mol. The van der Waals surface area contributed by atoms with Gasteiger partial charge in [-0.2, -0.15) is 0 Å². The molecule has 0 aromatic heterocycles. The number of carboxylic acid groups (broad SMARTS) is 1. The first-order chi connectivity index (χ1) is 9.69. The highest BCUT2D eigenvalue weighted by Crippen LogP contribution is 2.29. The summed E-state index contributed by atoms with van der Waals surface area (Å²) in [6.45, 7) is 0.782. The highest BCUT2D eigenvalue weighted by atomic mass is 16.5. The molecule has 0 spiro atoms. The molecule has 0 saturated heterocycles. The van der Waals surface area contributed by atoms with Gasteiger partial charge in [-0.25, -0.2) is 4.79 Å². The molecular weight excluding hydrogens is 254 g/mol. The van der Waals surface area contributed by atoms with E-state index in [0.29, 0.717) is 6.61 Å². The Morgan fingerprint density at radius 3 is 2.60 bits per heavy atom. The average Bonchev–Trinajstić information content (AvgIpc) is 2.42. The fourth-order valence-electron chi connectivity index (χ4n) is 2.57. The predicted molar refractivity (Wildman–Crippen MR) is 77.6 cm³/mol. The van der Waals surface area contributed by atoms with Crippen LogP contribution < -0.4 is 5.32 Å². The number of carbonyl (C=O) groups is 1. The van der Waals surface area contributed by atoms with Crippen LogP contribution in [0.25, 0.3) is 0 Å². The zero-order valence-electron chi connectivity index (χ0n) is 12.0. The Labute approximate surface area is 120 Å². The maximum Gasteiger partial charge on any atom is 0.330 e. The third-order valence-corrected chi connectivity index (χ3v) is 4.27. The molecule has 0 amide bonds. The molecule has 2 N–H and O–H groups in total. The molecule has 1 fully saturated rings. The lowest BCUT2D eigenvalue weighted by atomic mass is 9.83. The minimum atomic E-state index is -1.17. The fourth-order valence-corrected chi connectivity index (χ4v) is 2.57. The van der Waals surface area contributed by atoms with E-state index < -0.39 is 11.5 Å². The summed E-state index contributed by atoms with van der Waals surface area (Å²) in [5.41, 5.74) is -0.445. The monoisotopic (exact) mass is 277 g/mol. The van der Waals surface area contributed by atoms with Crippen molar-refractivity contribution in [2.45, 2.75) is 31.2 Å². The van der Waals surface area contributed by atoms with E-state index in [1.54, 1.807) is 7.05 Å². The number of benzene rings is 1. The minimum absolute atomic E-state index is 0.148. The first kappa shape index (κ1) is 15.0.